The van der Waals surface area contributed by atoms with Gasteiger partial charge in [-0.3, -0.25) is 9.59 Å². The van der Waals surface area contributed by atoms with E-state index in [9.17, 15) is 14.7 Å². The van der Waals surface area contributed by atoms with Gasteiger partial charge in [0, 0.05) is 12.1 Å². The van der Waals surface area contributed by atoms with Crippen molar-refractivity contribution in [2.75, 3.05) is 20.3 Å². The molecule has 0 bridgehead atoms. The highest BCUT2D eigenvalue weighted by atomic mass is 16.5. The average molecular weight is 323 g/mol. The Morgan fingerprint density at radius 1 is 1.26 bits per heavy atom. The minimum atomic E-state index is -0.900. The summed E-state index contributed by atoms with van der Waals surface area (Å²) in [5, 5.41) is 11.9. The second-order valence-electron chi connectivity index (χ2n) is 5.67. The predicted molar refractivity (Wildman–Crippen MR) is 87.1 cm³/mol. The largest absolute Gasteiger partial charge is 0.493 e. The second kappa shape index (κ2) is 9.02. The summed E-state index contributed by atoms with van der Waals surface area (Å²) in [5.74, 6) is -0.544. The molecule has 0 heterocycles. The Kier molecular flexibility index (Phi) is 7.38. The van der Waals surface area contributed by atoms with Crippen molar-refractivity contribution < 1.29 is 24.2 Å². The molecular formula is C17H25NO5. The maximum absolute atomic E-state index is 12.2. The number of hydrogen-bond donors (Lipinski definition) is 2. The lowest BCUT2D eigenvalue weighted by molar-refractivity contribution is -0.142. The molecule has 1 rings (SSSR count). The van der Waals surface area contributed by atoms with Crippen molar-refractivity contribution in [3.05, 3.63) is 23.8 Å². The Hall–Kier alpha value is -2.24. The molecule has 2 N–H and O–H groups in total. The van der Waals surface area contributed by atoms with Crippen LogP contribution >= 0.6 is 0 Å². The zero-order valence-corrected chi connectivity index (χ0v) is 14.1. The van der Waals surface area contributed by atoms with E-state index in [1.165, 1.54) is 7.11 Å². The molecule has 6 nitrogen and oxygen atoms in total. The third-order valence-corrected chi connectivity index (χ3v) is 3.34. The van der Waals surface area contributed by atoms with Gasteiger partial charge in [0.15, 0.2) is 11.5 Å². The van der Waals surface area contributed by atoms with Crippen molar-refractivity contribution in [3.63, 3.8) is 0 Å². The molecule has 0 fully saturated rings. The molecule has 1 unspecified atom stereocenters. The average Bonchev–Trinajstić information content (AvgIpc) is 2.51. The van der Waals surface area contributed by atoms with Gasteiger partial charge in [-0.2, -0.15) is 0 Å². The third-order valence-electron chi connectivity index (χ3n) is 3.34. The van der Waals surface area contributed by atoms with Crippen LogP contribution in [0.1, 0.15) is 37.6 Å². The van der Waals surface area contributed by atoms with Crippen LogP contribution in [0.2, 0.25) is 0 Å². The first-order valence-corrected chi connectivity index (χ1v) is 7.70. The summed E-state index contributed by atoms with van der Waals surface area (Å²) in [6, 6.07) is 4.87. The van der Waals surface area contributed by atoms with Crippen LogP contribution in [-0.4, -0.2) is 37.2 Å². The van der Waals surface area contributed by atoms with E-state index in [2.05, 4.69) is 5.32 Å². The maximum Gasteiger partial charge on any atom is 0.308 e. The van der Waals surface area contributed by atoms with E-state index in [1.54, 1.807) is 18.2 Å². The SMILES string of the molecule is CCOc1ccc(C(=O)NCC(CC(C)C)C(=O)O)cc1OC. The van der Waals surface area contributed by atoms with E-state index in [1.807, 2.05) is 20.8 Å². The lowest BCUT2D eigenvalue weighted by atomic mass is 9.97. The molecule has 0 radical (unpaired) electrons. The zero-order chi connectivity index (χ0) is 17.4. The number of methoxy groups -OCH3 is 1. The molecule has 6 heteroatoms. The first-order chi connectivity index (χ1) is 10.9. The van der Waals surface area contributed by atoms with Crippen molar-refractivity contribution in [2.24, 2.45) is 11.8 Å². The molecule has 1 aromatic rings. The summed E-state index contributed by atoms with van der Waals surface area (Å²) in [5.41, 5.74) is 0.402. The van der Waals surface area contributed by atoms with E-state index in [0.717, 1.165) is 0 Å². The topological polar surface area (TPSA) is 84.9 Å². The number of carboxylic acids is 1. The highest BCUT2D eigenvalue weighted by molar-refractivity contribution is 5.95. The highest BCUT2D eigenvalue weighted by Crippen LogP contribution is 2.28. The van der Waals surface area contributed by atoms with E-state index in [0.29, 0.717) is 30.1 Å². The standard InChI is InChI=1S/C17H25NO5/c1-5-23-14-7-6-12(9-15(14)22-4)16(19)18-10-13(17(20)21)8-11(2)3/h6-7,9,11,13H,5,8,10H2,1-4H3,(H,18,19)(H,20,21). The van der Waals surface area contributed by atoms with Crippen molar-refractivity contribution >= 4 is 11.9 Å². The van der Waals surface area contributed by atoms with Gasteiger partial charge in [0.05, 0.1) is 19.6 Å². The van der Waals surface area contributed by atoms with E-state index < -0.39 is 11.9 Å². The number of amides is 1. The minimum Gasteiger partial charge on any atom is -0.493 e. The van der Waals surface area contributed by atoms with E-state index >= 15 is 0 Å². The van der Waals surface area contributed by atoms with Crippen molar-refractivity contribution in [3.8, 4) is 11.5 Å². The fraction of sp³-hybridized carbons (Fsp3) is 0.529. The molecule has 0 spiro atoms. The Labute approximate surface area is 136 Å². The molecule has 0 aliphatic carbocycles. The Bertz CT molecular complexity index is 542. The van der Waals surface area contributed by atoms with Crippen molar-refractivity contribution in [2.45, 2.75) is 27.2 Å². The highest BCUT2D eigenvalue weighted by Gasteiger charge is 2.20. The Balaban J connectivity index is 2.75. The van der Waals surface area contributed by atoms with Crippen LogP contribution in [0, 0.1) is 11.8 Å². The number of benzene rings is 1. The first kappa shape index (κ1) is 18.8. The number of hydrogen-bond acceptors (Lipinski definition) is 4. The molecule has 0 saturated heterocycles. The smallest absolute Gasteiger partial charge is 0.308 e. The Morgan fingerprint density at radius 2 is 1.96 bits per heavy atom. The van der Waals surface area contributed by atoms with Gasteiger partial charge in [-0.05, 0) is 37.5 Å². The maximum atomic E-state index is 12.2. The van der Waals surface area contributed by atoms with Gasteiger partial charge in [-0.1, -0.05) is 13.8 Å². The molecule has 1 amide bonds. The van der Waals surface area contributed by atoms with Crippen LogP contribution in [0.15, 0.2) is 18.2 Å². The molecular weight excluding hydrogens is 298 g/mol. The fourth-order valence-corrected chi connectivity index (χ4v) is 2.24. The molecule has 1 aromatic carbocycles. The summed E-state index contributed by atoms with van der Waals surface area (Å²) >= 11 is 0. The summed E-state index contributed by atoms with van der Waals surface area (Å²) in [7, 11) is 1.50. The van der Waals surface area contributed by atoms with Crippen LogP contribution in [-0.2, 0) is 4.79 Å². The van der Waals surface area contributed by atoms with Gasteiger partial charge >= 0.3 is 5.97 Å². The monoisotopic (exact) mass is 323 g/mol. The second-order valence-corrected chi connectivity index (χ2v) is 5.67. The molecule has 23 heavy (non-hydrogen) atoms. The van der Waals surface area contributed by atoms with Crippen molar-refractivity contribution in [1.82, 2.24) is 5.32 Å². The molecule has 128 valence electrons. The van der Waals surface area contributed by atoms with Gasteiger partial charge in [-0.25, -0.2) is 0 Å². The fourth-order valence-electron chi connectivity index (χ4n) is 2.24. The lowest BCUT2D eigenvalue weighted by Crippen LogP contribution is -2.33. The van der Waals surface area contributed by atoms with E-state index in [4.69, 9.17) is 9.47 Å². The van der Waals surface area contributed by atoms with Crippen molar-refractivity contribution in [1.29, 1.82) is 0 Å². The third kappa shape index (κ3) is 5.81. The number of ether oxygens (including phenoxy) is 2. The van der Waals surface area contributed by atoms with Crippen LogP contribution in [0.25, 0.3) is 0 Å². The van der Waals surface area contributed by atoms with Gasteiger partial charge in [0.1, 0.15) is 0 Å². The van der Waals surface area contributed by atoms with Gasteiger partial charge < -0.3 is 19.9 Å². The normalized spacial score (nSPS) is 11.9. The zero-order valence-electron chi connectivity index (χ0n) is 14.1. The summed E-state index contributed by atoms with van der Waals surface area (Å²) in [4.78, 5) is 23.4. The number of rotatable bonds is 9. The summed E-state index contributed by atoms with van der Waals surface area (Å²) in [6.45, 7) is 6.37. The first-order valence-electron chi connectivity index (χ1n) is 7.70. The van der Waals surface area contributed by atoms with Crippen LogP contribution in [0.3, 0.4) is 0 Å². The molecule has 0 saturated carbocycles. The number of carbonyl (C=O) groups is 2. The molecule has 0 aliphatic rings. The molecule has 1 atom stereocenters. The van der Waals surface area contributed by atoms with Gasteiger partial charge in [0.25, 0.3) is 5.91 Å². The number of aliphatic carboxylic acids is 1. The van der Waals surface area contributed by atoms with E-state index in [-0.39, 0.29) is 18.4 Å². The number of nitrogens with one attached hydrogen (secondary N) is 1. The van der Waals surface area contributed by atoms with Crippen LogP contribution < -0.4 is 14.8 Å². The van der Waals surface area contributed by atoms with Gasteiger partial charge in [-0.15, -0.1) is 0 Å². The molecule has 0 aromatic heterocycles. The molecule has 0 aliphatic heterocycles. The quantitative estimate of drug-likeness (QED) is 0.729. The predicted octanol–water partition coefficient (Wildman–Crippen LogP) is 2.57. The number of carbonyl (C=O) groups excluding carboxylic acids is 1. The number of carboxylic acid groups (broad SMARTS) is 1. The minimum absolute atomic E-state index is 0.0991. The van der Waals surface area contributed by atoms with Crippen LogP contribution in [0.4, 0.5) is 0 Å². The lowest BCUT2D eigenvalue weighted by Gasteiger charge is -2.16. The van der Waals surface area contributed by atoms with Crippen LogP contribution in [0.5, 0.6) is 11.5 Å². The Morgan fingerprint density at radius 3 is 2.48 bits per heavy atom. The summed E-state index contributed by atoms with van der Waals surface area (Å²) < 4.78 is 10.6. The van der Waals surface area contributed by atoms with Gasteiger partial charge in [0.2, 0.25) is 0 Å². The summed E-state index contributed by atoms with van der Waals surface area (Å²) in [6.07, 6.45) is 0.516.